The molecule has 0 bridgehead atoms. The standard InChI is InChI=1S/C66H99ClF3N11O11/c1-17-42(8)56-63(91)77(12)37-54(84)75(10)38-55(85)78(13)51(35-45-22-27-47(67)28-23-45)62(90)76(11)36-52(82)72-48(29-24-44-20-25-46(26-21-44)66(68,69)70)61(89)79(14)50(33-40(4)5)59(87)74-65(30-18-19-31-65)64(92)80(15)49(32-39(2)3)58(86)71-43(9)34-53(83)81(16)57(41(6)7)60(88)73-56/h20-23,25-28,39-43,48-51,56-57H,17-19,24,29-38H2,1-16H3,(H,71,86)(H,72,82)(H,73,88)(H,74,87)/t42-,43+,48-,49-,50-,51-,56-,57-/m0/s1. The summed E-state index contributed by atoms with van der Waals surface area (Å²) in [6, 6.07) is 2.58. The van der Waals surface area contributed by atoms with E-state index in [9.17, 15) is 51.5 Å². The first-order valence-corrected chi connectivity index (χ1v) is 32.1. The van der Waals surface area contributed by atoms with E-state index in [1.54, 1.807) is 52.0 Å². The number of nitrogens with one attached hydrogen (secondary N) is 4. The van der Waals surface area contributed by atoms with Crippen LogP contribution in [0.2, 0.25) is 5.02 Å². The number of carbonyl (C=O) groups excluding carboxylic acids is 11. The van der Waals surface area contributed by atoms with Crippen molar-refractivity contribution in [1.82, 2.24) is 55.6 Å². The number of hydrogen-bond acceptors (Lipinski definition) is 11. The second-order valence-electron chi connectivity index (χ2n) is 26.5. The van der Waals surface area contributed by atoms with E-state index in [0.717, 1.165) is 31.7 Å². The molecule has 2 aliphatic rings. The van der Waals surface area contributed by atoms with Crippen LogP contribution in [0.3, 0.4) is 0 Å². The summed E-state index contributed by atoms with van der Waals surface area (Å²) >= 11 is 6.21. The van der Waals surface area contributed by atoms with Gasteiger partial charge in [-0.3, -0.25) is 52.7 Å². The predicted octanol–water partition coefficient (Wildman–Crippen LogP) is 5.32. The number of aryl methyl sites for hydroxylation is 1. The molecule has 2 fully saturated rings. The minimum atomic E-state index is -4.63. The van der Waals surface area contributed by atoms with Gasteiger partial charge in [0.15, 0.2) is 0 Å². The minimum Gasteiger partial charge on any atom is -0.351 e. The van der Waals surface area contributed by atoms with Gasteiger partial charge in [-0.05, 0) is 105 Å². The maximum Gasteiger partial charge on any atom is 0.416 e. The summed E-state index contributed by atoms with van der Waals surface area (Å²) in [5.74, 6) is -8.65. The average Bonchev–Trinajstić information content (AvgIpc) is 1.63. The minimum absolute atomic E-state index is 0.0330. The van der Waals surface area contributed by atoms with Crippen LogP contribution in [0.15, 0.2) is 48.5 Å². The van der Waals surface area contributed by atoms with Gasteiger partial charge in [0, 0.05) is 73.2 Å². The maximum absolute atomic E-state index is 15.1. The normalized spacial score (nSPS) is 24.2. The van der Waals surface area contributed by atoms with Gasteiger partial charge in [-0.2, -0.15) is 13.2 Å². The lowest BCUT2D eigenvalue weighted by molar-refractivity contribution is -0.149. The van der Waals surface area contributed by atoms with Gasteiger partial charge in [0.05, 0.1) is 25.2 Å². The maximum atomic E-state index is 15.1. The Labute approximate surface area is 545 Å². The highest BCUT2D eigenvalue weighted by molar-refractivity contribution is 6.30. The van der Waals surface area contributed by atoms with Gasteiger partial charge in [-0.15, -0.1) is 0 Å². The van der Waals surface area contributed by atoms with Gasteiger partial charge in [0.1, 0.15) is 41.8 Å². The van der Waals surface area contributed by atoms with E-state index in [4.69, 9.17) is 11.6 Å². The number of rotatable bonds is 12. The number of nitrogens with zero attached hydrogens (tertiary/aromatic N) is 7. The van der Waals surface area contributed by atoms with Crippen LogP contribution in [-0.4, -0.2) is 216 Å². The van der Waals surface area contributed by atoms with Crippen molar-refractivity contribution in [2.45, 2.75) is 187 Å². The fraction of sp³-hybridized carbons (Fsp3) is 0.652. The molecule has 0 radical (unpaired) electrons. The topological polar surface area (TPSA) is 259 Å². The summed E-state index contributed by atoms with van der Waals surface area (Å²) < 4.78 is 40.9. The molecular formula is C66H99ClF3N11O11. The summed E-state index contributed by atoms with van der Waals surface area (Å²) in [5, 5.41) is 11.9. The van der Waals surface area contributed by atoms with E-state index >= 15 is 14.4 Å². The summed E-state index contributed by atoms with van der Waals surface area (Å²) in [7, 11) is 9.68. The Kier molecular flexibility index (Phi) is 28.5. The molecule has 0 aromatic heterocycles. The first-order valence-electron chi connectivity index (χ1n) is 31.8. The number of likely N-dealkylation sites (N-methyl/N-ethyl adjacent to an activating group) is 7. The molecule has 1 aliphatic carbocycles. The number of carbonyl (C=O) groups is 11. The van der Waals surface area contributed by atoms with Crippen LogP contribution in [0.25, 0.3) is 0 Å². The van der Waals surface area contributed by atoms with Crippen molar-refractivity contribution in [3.63, 3.8) is 0 Å². The Balaban J connectivity index is 1.85. The third-order valence-corrected chi connectivity index (χ3v) is 17.9. The summed E-state index contributed by atoms with van der Waals surface area (Å²) in [4.78, 5) is 168. The van der Waals surface area contributed by atoms with Crippen molar-refractivity contribution in [3.05, 3.63) is 70.2 Å². The predicted molar refractivity (Wildman–Crippen MR) is 343 cm³/mol. The fourth-order valence-corrected chi connectivity index (χ4v) is 11.9. The van der Waals surface area contributed by atoms with E-state index < -0.39 is 156 Å². The SMILES string of the molecule is CC[C@H](C)[C@@H]1NC(=O)[C@H](C(C)C)N(C)C(=O)C[C@@H](C)NC(=O)[C@H](CC(C)C)N(C)C(=O)C2(CCCC2)NC(=O)[C@H](CC(C)C)N(C)C(=O)[C@H](CCc2ccc(C(F)(F)F)cc2)NC(=O)CN(C)C(=O)[C@H](Cc2ccc(Cl)cc2)N(C)C(=O)CN(C)C(=O)CN(C)C1=O. The van der Waals surface area contributed by atoms with Crippen LogP contribution in [0.5, 0.6) is 0 Å². The van der Waals surface area contributed by atoms with E-state index in [2.05, 4.69) is 21.3 Å². The zero-order chi connectivity index (χ0) is 69.4. The molecule has 11 amide bonds. The Bertz CT molecular complexity index is 2930. The van der Waals surface area contributed by atoms with Gasteiger partial charge in [0.25, 0.3) is 0 Å². The number of benzene rings is 2. The molecule has 1 spiro atoms. The lowest BCUT2D eigenvalue weighted by Gasteiger charge is -2.39. The van der Waals surface area contributed by atoms with Gasteiger partial charge in [-0.25, -0.2) is 0 Å². The van der Waals surface area contributed by atoms with Crippen LogP contribution in [0, 0.1) is 23.7 Å². The molecule has 2 aromatic carbocycles. The number of hydrogen-bond donors (Lipinski definition) is 4. The van der Waals surface area contributed by atoms with Gasteiger partial charge >= 0.3 is 6.18 Å². The Morgan fingerprint density at radius 1 is 0.576 bits per heavy atom. The first kappa shape index (κ1) is 77.1. The highest BCUT2D eigenvalue weighted by atomic mass is 35.5. The number of amides is 11. The van der Waals surface area contributed by atoms with Crippen molar-refractivity contribution in [1.29, 1.82) is 0 Å². The summed E-state index contributed by atoms with van der Waals surface area (Å²) in [5.41, 5.74) is -1.48. The fourth-order valence-electron chi connectivity index (χ4n) is 11.8. The third kappa shape index (κ3) is 21.1. The second kappa shape index (κ2) is 34.0. The van der Waals surface area contributed by atoms with Crippen LogP contribution >= 0.6 is 11.6 Å². The van der Waals surface area contributed by atoms with Crippen molar-refractivity contribution < 1.29 is 65.9 Å². The number of halogens is 4. The molecule has 8 atom stereocenters. The molecule has 2 aromatic rings. The molecule has 92 heavy (non-hydrogen) atoms. The average molecular weight is 1320 g/mol. The van der Waals surface area contributed by atoms with Crippen molar-refractivity contribution >= 4 is 76.6 Å². The van der Waals surface area contributed by atoms with Crippen molar-refractivity contribution in [3.8, 4) is 0 Å². The molecular weight excluding hydrogens is 1220 g/mol. The molecule has 512 valence electrons. The zero-order valence-electron chi connectivity index (χ0n) is 56.5. The molecule has 1 saturated heterocycles. The monoisotopic (exact) mass is 1310 g/mol. The van der Waals surface area contributed by atoms with Crippen LogP contribution < -0.4 is 21.3 Å². The lowest BCUT2D eigenvalue weighted by atomic mass is 9.91. The molecule has 4 N–H and O–H groups in total. The molecule has 1 heterocycles. The Hall–Kier alpha value is -7.31. The Morgan fingerprint density at radius 2 is 1.11 bits per heavy atom. The van der Waals surface area contributed by atoms with Gasteiger partial charge < -0.3 is 55.6 Å². The molecule has 0 unspecified atom stereocenters. The van der Waals surface area contributed by atoms with Crippen LogP contribution in [-0.2, 0) is 71.8 Å². The second-order valence-corrected chi connectivity index (χ2v) is 26.9. The van der Waals surface area contributed by atoms with Crippen LogP contribution in [0.1, 0.15) is 137 Å². The molecule has 4 rings (SSSR count). The van der Waals surface area contributed by atoms with E-state index in [1.165, 1.54) is 76.2 Å². The van der Waals surface area contributed by atoms with E-state index in [0.29, 0.717) is 35.4 Å². The van der Waals surface area contributed by atoms with Gasteiger partial charge in [-0.1, -0.05) is 111 Å². The summed E-state index contributed by atoms with van der Waals surface area (Å²) in [6.07, 6.45) is -3.11. The lowest BCUT2D eigenvalue weighted by Crippen LogP contribution is -2.64. The smallest absolute Gasteiger partial charge is 0.351 e. The quantitative estimate of drug-likeness (QED) is 0.212. The highest BCUT2D eigenvalue weighted by Gasteiger charge is 2.48. The van der Waals surface area contributed by atoms with Crippen LogP contribution in [0.4, 0.5) is 13.2 Å². The number of alkyl halides is 3. The van der Waals surface area contributed by atoms with Crippen molar-refractivity contribution in [2.75, 3.05) is 69.0 Å². The third-order valence-electron chi connectivity index (χ3n) is 17.6. The summed E-state index contributed by atoms with van der Waals surface area (Å²) in [6.45, 7) is 14.3. The Morgan fingerprint density at radius 3 is 1.64 bits per heavy atom. The van der Waals surface area contributed by atoms with Gasteiger partial charge in [0.2, 0.25) is 65.0 Å². The largest absolute Gasteiger partial charge is 0.416 e. The highest BCUT2D eigenvalue weighted by Crippen LogP contribution is 2.34. The molecule has 22 nitrogen and oxygen atoms in total. The zero-order valence-corrected chi connectivity index (χ0v) is 57.3. The van der Waals surface area contributed by atoms with Crippen molar-refractivity contribution in [2.24, 2.45) is 23.7 Å². The first-order chi connectivity index (χ1) is 42.8. The van der Waals surface area contributed by atoms with E-state index in [1.807, 2.05) is 34.6 Å². The molecule has 1 saturated carbocycles. The molecule has 1 aliphatic heterocycles. The van der Waals surface area contributed by atoms with E-state index in [-0.39, 0.29) is 63.2 Å². The molecule has 26 heteroatoms.